The van der Waals surface area contributed by atoms with Crippen LogP contribution < -0.4 is 5.46 Å². The van der Waals surface area contributed by atoms with Gasteiger partial charge in [-0.25, -0.2) is 9.37 Å². The SMILES string of the molecule is Bc1ccc2nc(-c3ccc(F)c(Cl)c3)c(CO)n2c1. The Labute approximate surface area is 121 Å². The standard InChI is InChI=1S/C14H11BClFN2O/c15-9-2-4-13-18-14(12(7-20)19(13)6-9)8-1-3-11(17)10(16)5-8/h1-6,20H,7,15H2. The zero-order valence-corrected chi connectivity index (χ0v) is 11.5. The van der Waals surface area contributed by atoms with Crippen LogP contribution in [0.5, 0.6) is 0 Å². The van der Waals surface area contributed by atoms with Crippen LogP contribution in [0.25, 0.3) is 16.9 Å². The summed E-state index contributed by atoms with van der Waals surface area (Å²) < 4.78 is 15.1. The van der Waals surface area contributed by atoms with Crippen LogP contribution in [-0.4, -0.2) is 22.3 Å². The molecule has 0 aliphatic carbocycles. The molecule has 6 heteroatoms. The quantitative estimate of drug-likeness (QED) is 0.727. The summed E-state index contributed by atoms with van der Waals surface area (Å²) in [5.74, 6) is -0.472. The molecule has 3 nitrogen and oxygen atoms in total. The molecule has 0 saturated heterocycles. The lowest BCUT2D eigenvalue weighted by molar-refractivity contribution is 0.276. The largest absolute Gasteiger partial charge is 0.390 e. The third-order valence-corrected chi connectivity index (χ3v) is 3.50. The van der Waals surface area contributed by atoms with Gasteiger partial charge in [0, 0.05) is 11.8 Å². The molecule has 0 amide bonds. The van der Waals surface area contributed by atoms with E-state index in [2.05, 4.69) is 4.98 Å². The molecule has 1 aromatic carbocycles. The molecule has 0 bridgehead atoms. The van der Waals surface area contributed by atoms with Crippen molar-refractivity contribution in [1.82, 2.24) is 9.38 Å². The van der Waals surface area contributed by atoms with Gasteiger partial charge in [0.25, 0.3) is 0 Å². The summed E-state index contributed by atoms with van der Waals surface area (Å²) in [6.45, 7) is -0.158. The van der Waals surface area contributed by atoms with Gasteiger partial charge in [-0.05, 0) is 24.3 Å². The number of aliphatic hydroxyl groups excluding tert-OH is 1. The predicted octanol–water partition coefficient (Wildman–Crippen LogP) is 1.54. The van der Waals surface area contributed by atoms with Crippen molar-refractivity contribution in [3.05, 3.63) is 53.1 Å². The van der Waals surface area contributed by atoms with Crippen molar-refractivity contribution in [3.8, 4) is 11.3 Å². The van der Waals surface area contributed by atoms with E-state index in [4.69, 9.17) is 11.6 Å². The molecule has 0 spiro atoms. The van der Waals surface area contributed by atoms with Gasteiger partial charge in [-0.3, -0.25) is 0 Å². The van der Waals surface area contributed by atoms with E-state index in [1.807, 2.05) is 30.6 Å². The molecule has 0 aliphatic rings. The van der Waals surface area contributed by atoms with E-state index in [1.54, 1.807) is 6.07 Å². The van der Waals surface area contributed by atoms with E-state index in [0.29, 0.717) is 17.0 Å². The first-order valence-corrected chi connectivity index (χ1v) is 6.52. The first-order chi connectivity index (χ1) is 9.60. The molecule has 3 aromatic rings. The molecule has 3 rings (SSSR count). The average molecular weight is 289 g/mol. The maximum atomic E-state index is 13.2. The van der Waals surface area contributed by atoms with Crippen molar-refractivity contribution < 1.29 is 9.50 Å². The average Bonchev–Trinajstić information content (AvgIpc) is 2.79. The molecule has 0 fully saturated rings. The molecule has 0 radical (unpaired) electrons. The summed E-state index contributed by atoms with van der Waals surface area (Å²) in [6.07, 6.45) is 1.91. The minimum atomic E-state index is -0.472. The zero-order valence-electron chi connectivity index (χ0n) is 10.8. The van der Waals surface area contributed by atoms with Gasteiger partial charge in [0.1, 0.15) is 19.3 Å². The number of pyridine rings is 1. The van der Waals surface area contributed by atoms with Crippen molar-refractivity contribution in [2.75, 3.05) is 0 Å². The van der Waals surface area contributed by atoms with Crippen LogP contribution in [0.1, 0.15) is 5.69 Å². The summed E-state index contributed by atoms with van der Waals surface area (Å²) in [5.41, 5.74) is 3.75. The number of halogens is 2. The van der Waals surface area contributed by atoms with Crippen molar-refractivity contribution in [2.45, 2.75) is 6.61 Å². The number of aliphatic hydroxyl groups is 1. The molecule has 2 aromatic heterocycles. The first kappa shape index (κ1) is 13.2. The fourth-order valence-corrected chi connectivity index (χ4v) is 2.41. The van der Waals surface area contributed by atoms with Crippen LogP contribution in [0.4, 0.5) is 4.39 Å². The summed E-state index contributed by atoms with van der Waals surface area (Å²) in [4.78, 5) is 4.49. The Balaban J connectivity index is 2.27. The molecule has 20 heavy (non-hydrogen) atoms. The summed E-state index contributed by atoms with van der Waals surface area (Å²) >= 11 is 5.81. The van der Waals surface area contributed by atoms with E-state index in [9.17, 15) is 9.50 Å². The Morgan fingerprint density at radius 1 is 1.30 bits per heavy atom. The molecular weight excluding hydrogens is 277 g/mol. The third-order valence-electron chi connectivity index (χ3n) is 3.21. The maximum absolute atomic E-state index is 13.2. The Hall–Kier alpha value is -1.85. The fraction of sp³-hybridized carbons (Fsp3) is 0.0714. The molecule has 0 saturated carbocycles. The van der Waals surface area contributed by atoms with Gasteiger partial charge in [0.05, 0.1) is 23.0 Å². The number of aromatic nitrogens is 2. The Bertz CT molecular complexity index is 803. The molecule has 0 atom stereocenters. The highest BCUT2D eigenvalue weighted by Crippen LogP contribution is 2.27. The second kappa shape index (κ2) is 4.92. The van der Waals surface area contributed by atoms with E-state index < -0.39 is 5.82 Å². The van der Waals surface area contributed by atoms with Crippen LogP contribution >= 0.6 is 11.6 Å². The van der Waals surface area contributed by atoms with Crippen molar-refractivity contribution in [2.24, 2.45) is 0 Å². The Kier molecular flexibility index (Phi) is 3.24. The van der Waals surface area contributed by atoms with Gasteiger partial charge in [-0.15, -0.1) is 0 Å². The van der Waals surface area contributed by atoms with Gasteiger partial charge in [0.2, 0.25) is 0 Å². The van der Waals surface area contributed by atoms with Crippen LogP contribution in [0.2, 0.25) is 5.02 Å². The highest BCUT2D eigenvalue weighted by molar-refractivity contribution is 6.32. The highest BCUT2D eigenvalue weighted by atomic mass is 35.5. The number of imidazole rings is 1. The van der Waals surface area contributed by atoms with E-state index in [-0.39, 0.29) is 11.6 Å². The number of rotatable bonds is 2. The number of nitrogens with zero attached hydrogens (tertiary/aromatic N) is 2. The van der Waals surface area contributed by atoms with Crippen LogP contribution in [0.3, 0.4) is 0 Å². The molecule has 100 valence electrons. The molecule has 2 heterocycles. The number of benzene rings is 1. The second-order valence-corrected chi connectivity index (χ2v) is 5.04. The molecule has 0 unspecified atom stereocenters. The predicted molar refractivity (Wildman–Crippen MR) is 79.7 cm³/mol. The monoisotopic (exact) mass is 288 g/mol. The summed E-state index contributed by atoms with van der Waals surface area (Å²) in [6, 6.07) is 8.25. The topological polar surface area (TPSA) is 37.5 Å². The zero-order chi connectivity index (χ0) is 14.3. The number of hydrogen-bond acceptors (Lipinski definition) is 2. The molecule has 1 N–H and O–H groups in total. The van der Waals surface area contributed by atoms with Crippen LogP contribution in [0.15, 0.2) is 36.5 Å². The normalized spacial score (nSPS) is 11.2. The summed E-state index contributed by atoms with van der Waals surface area (Å²) in [5, 5.41) is 9.65. The van der Waals surface area contributed by atoms with E-state index in [1.165, 1.54) is 12.1 Å². The first-order valence-electron chi connectivity index (χ1n) is 6.14. The van der Waals surface area contributed by atoms with E-state index in [0.717, 1.165) is 11.1 Å². The minimum absolute atomic E-state index is 0.0413. The molecule has 0 aliphatic heterocycles. The lowest BCUT2D eigenvalue weighted by Gasteiger charge is -2.03. The highest BCUT2D eigenvalue weighted by Gasteiger charge is 2.14. The maximum Gasteiger partial charge on any atom is 0.141 e. The Morgan fingerprint density at radius 3 is 2.80 bits per heavy atom. The van der Waals surface area contributed by atoms with Gasteiger partial charge in [-0.2, -0.15) is 0 Å². The lowest BCUT2D eigenvalue weighted by atomic mass is 9.99. The van der Waals surface area contributed by atoms with Gasteiger partial charge < -0.3 is 9.51 Å². The second-order valence-electron chi connectivity index (χ2n) is 4.63. The smallest absolute Gasteiger partial charge is 0.141 e. The van der Waals surface area contributed by atoms with Crippen molar-refractivity contribution in [1.29, 1.82) is 0 Å². The van der Waals surface area contributed by atoms with Crippen LogP contribution in [0, 0.1) is 5.82 Å². The number of hydrogen-bond donors (Lipinski definition) is 1. The van der Waals surface area contributed by atoms with E-state index >= 15 is 0 Å². The van der Waals surface area contributed by atoms with Gasteiger partial charge >= 0.3 is 0 Å². The third kappa shape index (κ3) is 2.09. The molecular formula is C14H11BClFN2O. The number of fused-ring (bicyclic) bond motifs is 1. The fourth-order valence-electron chi connectivity index (χ4n) is 2.23. The minimum Gasteiger partial charge on any atom is -0.390 e. The van der Waals surface area contributed by atoms with Gasteiger partial charge in [-0.1, -0.05) is 23.1 Å². The Morgan fingerprint density at radius 2 is 2.10 bits per heavy atom. The van der Waals surface area contributed by atoms with Crippen LogP contribution in [-0.2, 0) is 6.61 Å². The van der Waals surface area contributed by atoms with Gasteiger partial charge in [0.15, 0.2) is 0 Å². The lowest BCUT2D eigenvalue weighted by Crippen LogP contribution is -2.06. The van der Waals surface area contributed by atoms with Crippen molar-refractivity contribution >= 4 is 30.6 Å². The van der Waals surface area contributed by atoms with Crippen molar-refractivity contribution in [3.63, 3.8) is 0 Å². The summed E-state index contributed by atoms with van der Waals surface area (Å²) in [7, 11) is 1.97.